The van der Waals surface area contributed by atoms with Gasteiger partial charge in [0.2, 0.25) is 5.88 Å². The highest BCUT2D eigenvalue weighted by atomic mass is 16.3. The number of aromatic nitrogens is 4. The molecule has 0 fully saturated rings. The molecule has 0 saturated heterocycles. The van der Waals surface area contributed by atoms with Gasteiger partial charge in [0.05, 0.1) is 17.1 Å². The van der Waals surface area contributed by atoms with Crippen LogP contribution in [0, 0.1) is 0 Å². The van der Waals surface area contributed by atoms with Gasteiger partial charge in [0.1, 0.15) is 12.0 Å². The van der Waals surface area contributed by atoms with Crippen LogP contribution in [0.2, 0.25) is 0 Å². The summed E-state index contributed by atoms with van der Waals surface area (Å²) in [5.74, 6) is -0.0120. The first kappa shape index (κ1) is 7.25. The molecule has 5 heteroatoms. The van der Waals surface area contributed by atoms with Gasteiger partial charge in [-0.1, -0.05) is 0 Å². The number of hydrogen-bond acceptors (Lipinski definition) is 4. The van der Waals surface area contributed by atoms with Gasteiger partial charge in [0, 0.05) is 11.6 Å². The van der Waals surface area contributed by atoms with E-state index in [0.717, 1.165) is 11.0 Å². The second kappa shape index (κ2) is 2.41. The second-order valence-electron chi connectivity index (χ2n) is 2.96. The SMILES string of the molecule is Oc1ncnc2cnc3[nH]ccc3c12. The van der Waals surface area contributed by atoms with Crippen LogP contribution < -0.4 is 0 Å². The summed E-state index contributed by atoms with van der Waals surface area (Å²) in [6.45, 7) is 0. The lowest BCUT2D eigenvalue weighted by Gasteiger charge is -1.98. The molecule has 3 heterocycles. The highest BCUT2D eigenvalue weighted by molar-refractivity contribution is 6.05. The van der Waals surface area contributed by atoms with Crippen LogP contribution in [0.25, 0.3) is 21.9 Å². The number of rotatable bonds is 0. The molecule has 0 radical (unpaired) electrons. The van der Waals surface area contributed by atoms with Crippen LogP contribution in [-0.4, -0.2) is 25.0 Å². The number of aromatic hydroxyl groups is 1. The largest absolute Gasteiger partial charge is 0.493 e. The fourth-order valence-corrected chi connectivity index (χ4v) is 1.54. The van der Waals surface area contributed by atoms with Gasteiger partial charge in [0.25, 0.3) is 0 Å². The van der Waals surface area contributed by atoms with Crippen LogP contribution >= 0.6 is 0 Å². The van der Waals surface area contributed by atoms with Crippen molar-refractivity contribution in [2.45, 2.75) is 0 Å². The van der Waals surface area contributed by atoms with Crippen LogP contribution in [0.5, 0.6) is 5.88 Å². The van der Waals surface area contributed by atoms with Crippen LogP contribution in [0.1, 0.15) is 0 Å². The summed E-state index contributed by atoms with van der Waals surface area (Å²) in [4.78, 5) is 14.9. The van der Waals surface area contributed by atoms with E-state index in [1.165, 1.54) is 6.33 Å². The van der Waals surface area contributed by atoms with E-state index in [0.29, 0.717) is 10.9 Å². The number of H-pyrrole nitrogens is 1. The van der Waals surface area contributed by atoms with Gasteiger partial charge in [-0.25, -0.2) is 15.0 Å². The Kier molecular flexibility index (Phi) is 1.25. The van der Waals surface area contributed by atoms with Crippen molar-refractivity contribution in [3.05, 3.63) is 24.8 Å². The zero-order chi connectivity index (χ0) is 9.54. The zero-order valence-electron chi connectivity index (χ0n) is 7.10. The standard InChI is InChI=1S/C9H6N4O/c14-9-7-5-1-2-10-8(5)11-3-6(7)12-4-13-9/h1-4H,(H,10,11)(H,12,13,14). The molecule has 0 aliphatic rings. The van der Waals surface area contributed by atoms with Crippen LogP contribution in [0.3, 0.4) is 0 Å². The number of nitrogens with zero attached hydrogens (tertiary/aromatic N) is 3. The molecule has 3 aromatic heterocycles. The average molecular weight is 186 g/mol. The highest BCUT2D eigenvalue weighted by Gasteiger charge is 2.07. The van der Waals surface area contributed by atoms with Crippen molar-refractivity contribution in [2.24, 2.45) is 0 Å². The van der Waals surface area contributed by atoms with Crippen molar-refractivity contribution in [1.82, 2.24) is 19.9 Å². The van der Waals surface area contributed by atoms with Crippen molar-refractivity contribution in [3.8, 4) is 5.88 Å². The molecule has 0 aliphatic heterocycles. The molecule has 0 aromatic carbocycles. The molecule has 3 rings (SSSR count). The lowest BCUT2D eigenvalue weighted by Crippen LogP contribution is -1.85. The zero-order valence-corrected chi connectivity index (χ0v) is 7.10. The summed E-state index contributed by atoms with van der Waals surface area (Å²) < 4.78 is 0. The maximum atomic E-state index is 9.59. The Labute approximate surface area is 78.5 Å². The third-order valence-corrected chi connectivity index (χ3v) is 2.17. The molecule has 0 atom stereocenters. The molecule has 0 aliphatic carbocycles. The quantitative estimate of drug-likeness (QED) is 0.553. The Morgan fingerprint density at radius 1 is 1.21 bits per heavy atom. The molecule has 68 valence electrons. The first-order valence-corrected chi connectivity index (χ1v) is 4.12. The molecular weight excluding hydrogens is 180 g/mol. The number of aromatic amines is 1. The van der Waals surface area contributed by atoms with Crippen molar-refractivity contribution in [2.75, 3.05) is 0 Å². The van der Waals surface area contributed by atoms with E-state index in [2.05, 4.69) is 19.9 Å². The number of nitrogens with one attached hydrogen (secondary N) is 1. The Hall–Kier alpha value is -2.17. The Bertz CT molecular complexity index is 616. The van der Waals surface area contributed by atoms with Gasteiger partial charge in [-0.05, 0) is 6.07 Å². The molecule has 0 spiro atoms. The molecule has 0 unspecified atom stereocenters. The average Bonchev–Trinajstić information content (AvgIpc) is 2.65. The van der Waals surface area contributed by atoms with Crippen LogP contribution in [0.15, 0.2) is 24.8 Å². The summed E-state index contributed by atoms with van der Waals surface area (Å²) in [7, 11) is 0. The molecule has 0 saturated carbocycles. The fourth-order valence-electron chi connectivity index (χ4n) is 1.54. The fraction of sp³-hybridized carbons (Fsp3) is 0. The minimum Gasteiger partial charge on any atom is -0.493 e. The van der Waals surface area contributed by atoms with Gasteiger partial charge < -0.3 is 10.1 Å². The number of hydrogen-bond donors (Lipinski definition) is 2. The molecule has 3 aromatic rings. The molecule has 14 heavy (non-hydrogen) atoms. The number of pyridine rings is 1. The highest BCUT2D eigenvalue weighted by Crippen LogP contribution is 2.26. The summed E-state index contributed by atoms with van der Waals surface area (Å²) in [5, 5.41) is 11.1. The topological polar surface area (TPSA) is 74.7 Å². The predicted octanol–water partition coefficient (Wildman–Crippen LogP) is 1.21. The van der Waals surface area contributed by atoms with E-state index < -0.39 is 0 Å². The Balaban J connectivity index is 2.67. The Morgan fingerprint density at radius 3 is 3.07 bits per heavy atom. The molecule has 2 N–H and O–H groups in total. The van der Waals surface area contributed by atoms with E-state index >= 15 is 0 Å². The van der Waals surface area contributed by atoms with Crippen molar-refractivity contribution >= 4 is 21.9 Å². The van der Waals surface area contributed by atoms with Gasteiger partial charge in [-0.15, -0.1) is 0 Å². The minimum atomic E-state index is -0.0120. The monoisotopic (exact) mass is 186 g/mol. The molecule has 5 nitrogen and oxygen atoms in total. The first-order chi connectivity index (χ1) is 6.86. The van der Waals surface area contributed by atoms with E-state index in [1.807, 2.05) is 6.07 Å². The normalized spacial score (nSPS) is 11.1. The van der Waals surface area contributed by atoms with Crippen molar-refractivity contribution < 1.29 is 5.11 Å². The van der Waals surface area contributed by atoms with Gasteiger partial charge in [-0.3, -0.25) is 0 Å². The van der Waals surface area contributed by atoms with E-state index in [9.17, 15) is 5.11 Å². The van der Waals surface area contributed by atoms with Gasteiger partial charge >= 0.3 is 0 Å². The Morgan fingerprint density at radius 2 is 2.14 bits per heavy atom. The summed E-state index contributed by atoms with van der Waals surface area (Å²) in [6.07, 6.45) is 4.69. The van der Waals surface area contributed by atoms with E-state index in [-0.39, 0.29) is 5.88 Å². The third kappa shape index (κ3) is 0.806. The van der Waals surface area contributed by atoms with Crippen molar-refractivity contribution in [3.63, 3.8) is 0 Å². The van der Waals surface area contributed by atoms with Gasteiger partial charge in [-0.2, -0.15) is 0 Å². The first-order valence-electron chi connectivity index (χ1n) is 4.12. The second-order valence-corrected chi connectivity index (χ2v) is 2.96. The third-order valence-electron chi connectivity index (χ3n) is 2.17. The maximum Gasteiger partial charge on any atom is 0.222 e. The van der Waals surface area contributed by atoms with Gasteiger partial charge in [0.15, 0.2) is 0 Å². The summed E-state index contributed by atoms with van der Waals surface area (Å²) >= 11 is 0. The molecule has 0 bridgehead atoms. The van der Waals surface area contributed by atoms with Crippen LogP contribution in [-0.2, 0) is 0 Å². The van der Waals surface area contributed by atoms with E-state index in [4.69, 9.17) is 0 Å². The summed E-state index contributed by atoms with van der Waals surface area (Å²) in [5.41, 5.74) is 1.37. The van der Waals surface area contributed by atoms with Crippen molar-refractivity contribution in [1.29, 1.82) is 0 Å². The molecular formula is C9H6N4O. The maximum absolute atomic E-state index is 9.59. The number of fused-ring (bicyclic) bond motifs is 3. The van der Waals surface area contributed by atoms with Crippen LogP contribution in [0.4, 0.5) is 0 Å². The predicted molar refractivity (Wildman–Crippen MR) is 50.9 cm³/mol. The molecule has 0 amide bonds. The minimum absolute atomic E-state index is 0.0120. The summed E-state index contributed by atoms with van der Waals surface area (Å²) in [6, 6.07) is 1.84. The smallest absolute Gasteiger partial charge is 0.222 e. The lowest BCUT2D eigenvalue weighted by molar-refractivity contribution is 0.459. The lowest BCUT2D eigenvalue weighted by atomic mass is 10.2. The van der Waals surface area contributed by atoms with E-state index in [1.54, 1.807) is 12.4 Å².